The highest BCUT2D eigenvalue weighted by Gasteiger charge is 2.32. The first-order chi connectivity index (χ1) is 16.5. The van der Waals surface area contributed by atoms with Gasteiger partial charge in [-0.25, -0.2) is 13.4 Å². The van der Waals surface area contributed by atoms with Crippen LogP contribution in [0.5, 0.6) is 0 Å². The molecule has 0 radical (unpaired) electrons. The summed E-state index contributed by atoms with van der Waals surface area (Å²) < 4.78 is 38.6. The van der Waals surface area contributed by atoms with Crippen LogP contribution in [-0.4, -0.2) is 48.9 Å². The normalized spacial score (nSPS) is 18.7. The molecule has 1 saturated carbocycles. The van der Waals surface area contributed by atoms with E-state index in [1.165, 1.54) is 6.20 Å². The highest BCUT2D eigenvalue weighted by Crippen LogP contribution is 2.35. The molecule has 0 aliphatic heterocycles. The first kappa shape index (κ1) is 25.1. The summed E-state index contributed by atoms with van der Waals surface area (Å²) in [6.45, 7) is 3.43. The SMILES string of the molecule is CP(C)(=O)c1ccc(NC2CCC(S(=O)(=O)c3ccc(-c4ccnc(C(N)=O)c4)cc3)CC2)nc1. The van der Waals surface area contributed by atoms with Crippen LogP contribution in [0.3, 0.4) is 0 Å². The van der Waals surface area contributed by atoms with Crippen molar-refractivity contribution in [3.63, 3.8) is 0 Å². The third-order valence-corrected chi connectivity index (χ3v) is 10.1. The fraction of sp³-hybridized carbons (Fsp3) is 0.320. The molecule has 0 saturated heterocycles. The fourth-order valence-electron chi connectivity index (χ4n) is 4.29. The lowest BCUT2D eigenvalue weighted by Crippen LogP contribution is -2.33. The van der Waals surface area contributed by atoms with Crippen molar-refractivity contribution < 1.29 is 17.8 Å². The number of nitrogens with two attached hydrogens (primary N) is 1. The largest absolute Gasteiger partial charge is 0.367 e. The molecule has 0 spiro atoms. The molecule has 4 rings (SSSR count). The van der Waals surface area contributed by atoms with Crippen LogP contribution >= 0.6 is 7.14 Å². The summed E-state index contributed by atoms with van der Waals surface area (Å²) in [5.41, 5.74) is 6.98. The fourth-order valence-corrected chi connectivity index (χ4v) is 6.85. The van der Waals surface area contributed by atoms with Gasteiger partial charge in [0, 0.05) is 23.7 Å². The number of primary amides is 1. The number of hydrogen-bond donors (Lipinski definition) is 2. The lowest BCUT2D eigenvalue weighted by Gasteiger charge is -2.29. The molecule has 1 aliphatic carbocycles. The standard InChI is InChI=1S/C25H29N4O4PS/c1-34(2,31)20-7-12-24(28-16-20)29-19-5-10-22(11-6-19)35(32,33)21-8-3-17(4-9-21)18-13-14-27-23(15-18)25(26)30/h3-4,7-9,12-16,19,22H,5-6,10-11H2,1-2H3,(H2,26,30)(H,28,29). The number of carbonyl (C=O) groups excluding carboxylic acids is 1. The van der Waals surface area contributed by atoms with Gasteiger partial charge in [0.2, 0.25) is 0 Å². The van der Waals surface area contributed by atoms with Gasteiger partial charge in [-0.3, -0.25) is 9.78 Å². The minimum Gasteiger partial charge on any atom is -0.367 e. The molecule has 35 heavy (non-hydrogen) atoms. The zero-order chi connectivity index (χ0) is 25.2. The van der Waals surface area contributed by atoms with Crippen LogP contribution < -0.4 is 16.4 Å². The maximum atomic E-state index is 13.2. The van der Waals surface area contributed by atoms with Gasteiger partial charge in [-0.2, -0.15) is 0 Å². The number of sulfone groups is 1. The number of nitrogens with one attached hydrogen (secondary N) is 1. The summed E-state index contributed by atoms with van der Waals surface area (Å²) in [4.78, 5) is 20.0. The van der Waals surface area contributed by atoms with Gasteiger partial charge in [0.25, 0.3) is 5.91 Å². The molecule has 1 amide bonds. The number of aromatic nitrogens is 2. The Hall–Kier alpha value is -3.03. The van der Waals surface area contributed by atoms with Crippen molar-refractivity contribution in [3.8, 4) is 11.1 Å². The van der Waals surface area contributed by atoms with E-state index in [1.807, 2.05) is 12.1 Å². The number of nitrogens with zero attached hydrogens (tertiary/aromatic N) is 2. The number of pyridine rings is 2. The number of amides is 1. The number of hydrogen-bond acceptors (Lipinski definition) is 7. The van der Waals surface area contributed by atoms with E-state index in [2.05, 4.69) is 15.3 Å². The molecular weight excluding hydrogens is 483 g/mol. The van der Waals surface area contributed by atoms with Crippen molar-refractivity contribution >= 4 is 34.0 Å². The summed E-state index contributed by atoms with van der Waals surface area (Å²) in [5, 5.41) is 3.68. The monoisotopic (exact) mass is 512 g/mol. The van der Waals surface area contributed by atoms with Crippen molar-refractivity contribution in [3.05, 3.63) is 66.6 Å². The molecule has 0 bridgehead atoms. The minimum atomic E-state index is -3.46. The van der Waals surface area contributed by atoms with Crippen LogP contribution in [0.15, 0.2) is 65.8 Å². The van der Waals surface area contributed by atoms with Crippen LogP contribution in [-0.2, 0) is 14.4 Å². The Morgan fingerprint density at radius 3 is 2.23 bits per heavy atom. The third-order valence-electron chi connectivity index (χ3n) is 6.36. The van der Waals surface area contributed by atoms with Crippen molar-refractivity contribution in [1.82, 2.24) is 9.97 Å². The zero-order valence-corrected chi connectivity index (χ0v) is 21.4. The van der Waals surface area contributed by atoms with Gasteiger partial charge < -0.3 is 15.6 Å². The van der Waals surface area contributed by atoms with Crippen molar-refractivity contribution in [2.45, 2.75) is 41.9 Å². The van der Waals surface area contributed by atoms with Crippen LogP contribution in [0.2, 0.25) is 0 Å². The smallest absolute Gasteiger partial charge is 0.267 e. The number of benzene rings is 1. The third kappa shape index (κ3) is 5.80. The van der Waals surface area contributed by atoms with Crippen molar-refractivity contribution in [1.29, 1.82) is 0 Å². The molecule has 2 heterocycles. The molecular formula is C25H29N4O4PS. The predicted octanol–water partition coefficient (Wildman–Crippen LogP) is 3.69. The van der Waals surface area contributed by atoms with Crippen LogP contribution in [0.1, 0.15) is 36.2 Å². The van der Waals surface area contributed by atoms with Gasteiger partial charge in [0.05, 0.1) is 10.1 Å². The van der Waals surface area contributed by atoms with Gasteiger partial charge in [0.15, 0.2) is 9.84 Å². The lowest BCUT2D eigenvalue weighted by atomic mass is 9.95. The average Bonchev–Trinajstić information content (AvgIpc) is 2.84. The predicted molar refractivity (Wildman–Crippen MR) is 138 cm³/mol. The molecule has 2 aromatic heterocycles. The Labute approximate surface area is 205 Å². The molecule has 1 aliphatic rings. The van der Waals surface area contributed by atoms with Crippen molar-refractivity contribution in [2.75, 3.05) is 18.6 Å². The van der Waals surface area contributed by atoms with Gasteiger partial charge in [0.1, 0.15) is 18.7 Å². The summed E-state index contributed by atoms with van der Waals surface area (Å²) >= 11 is 0. The Bertz CT molecular complexity index is 1360. The van der Waals surface area contributed by atoms with Crippen LogP contribution in [0, 0.1) is 0 Å². The molecule has 8 nitrogen and oxygen atoms in total. The number of anilines is 1. The molecule has 1 aromatic carbocycles. The van der Waals surface area contributed by atoms with Crippen LogP contribution in [0.25, 0.3) is 11.1 Å². The minimum absolute atomic E-state index is 0.142. The lowest BCUT2D eigenvalue weighted by molar-refractivity contribution is 0.0995. The van der Waals surface area contributed by atoms with Crippen molar-refractivity contribution in [2.24, 2.45) is 5.73 Å². The summed E-state index contributed by atoms with van der Waals surface area (Å²) in [6, 6.07) is 13.8. The van der Waals surface area contributed by atoms with E-state index in [0.717, 1.165) is 29.3 Å². The topological polar surface area (TPSA) is 132 Å². The van der Waals surface area contributed by atoms with E-state index in [-0.39, 0.29) is 11.7 Å². The molecule has 1 fully saturated rings. The van der Waals surface area contributed by atoms with E-state index in [0.29, 0.717) is 23.6 Å². The van der Waals surface area contributed by atoms with Gasteiger partial charge in [-0.15, -0.1) is 0 Å². The van der Waals surface area contributed by atoms with E-state index >= 15 is 0 Å². The highest BCUT2D eigenvalue weighted by atomic mass is 32.2. The second kappa shape index (κ2) is 9.91. The quantitative estimate of drug-likeness (QED) is 0.462. The Morgan fingerprint density at radius 1 is 0.971 bits per heavy atom. The maximum absolute atomic E-state index is 13.2. The maximum Gasteiger partial charge on any atom is 0.267 e. The van der Waals surface area contributed by atoms with Gasteiger partial charge >= 0.3 is 0 Å². The molecule has 0 atom stereocenters. The Kier molecular flexibility index (Phi) is 7.10. The molecule has 10 heteroatoms. The molecule has 0 unspecified atom stereocenters. The van der Waals surface area contributed by atoms with Gasteiger partial charge in [-0.1, -0.05) is 12.1 Å². The van der Waals surface area contributed by atoms with E-state index < -0.39 is 28.1 Å². The Morgan fingerprint density at radius 2 is 1.66 bits per heavy atom. The second-order valence-electron chi connectivity index (χ2n) is 9.23. The van der Waals surface area contributed by atoms with E-state index in [9.17, 15) is 17.8 Å². The summed E-state index contributed by atoms with van der Waals surface area (Å²) in [5.74, 6) is 0.0939. The number of carbonyl (C=O) groups is 1. The van der Waals surface area contributed by atoms with Crippen LogP contribution in [0.4, 0.5) is 5.82 Å². The summed E-state index contributed by atoms with van der Waals surface area (Å²) in [7, 11) is -5.80. The molecule has 3 N–H and O–H groups in total. The average molecular weight is 513 g/mol. The summed E-state index contributed by atoms with van der Waals surface area (Å²) in [6.07, 6.45) is 5.71. The first-order valence-corrected chi connectivity index (χ1v) is 15.6. The molecule has 3 aromatic rings. The first-order valence-electron chi connectivity index (χ1n) is 11.4. The van der Waals surface area contributed by atoms with E-state index in [4.69, 9.17) is 5.73 Å². The number of rotatable bonds is 7. The zero-order valence-electron chi connectivity index (χ0n) is 19.7. The second-order valence-corrected chi connectivity index (χ2v) is 14.7. The Balaban J connectivity index is 1.39. The van der Waals surface area contributed by atoms with Gasteiger partial charge in [-0.05, 0) is 86.5 Å². The van der Waals surface area contributed by atoms with E-state index in [1.54, 1.807) is 55.9 Å². The molecule has 184 valence electrons. The highest BCUT2D eigenvalue weighted by molar-refractivity contribution is 7.92.